The van der Waals surface area contributed by atoms with E-state index in [0.29, 0.717) is 17.5 Å². The Morgan fingerprint density at radius 3 is 2.88 bits per heavy atom. The van der Waals surface area contributed by atoms with E-state index in [9.17, 15) is 9.18 Å². The Morgan fingerprint density at radius 2 is 2.12 bits per heavy atom. The van der Waals surface area contributed by atoms with Gasteiger partial charge >= 0.3 is 0 Å². The third-order valence-corrected chi connectivity index (χ3v) is 2.46. The summed E-state index contributed by atoms with van der Waals surface area (Å²) in [5.41, 5.74) is 0.965. The smallest absolute Gasteiger partial charge is 0.214 e. The summed E-state index contributed by atoms with van der Waals surface area (Å²) in [6.07, 6.45) is 1.20. The minimum Gasteiger partial charge on any atom is -0.294 e. The summed E-state index contributed by atoms with van der Waals surface area (Å²) in [5.74, 6) is -0.627. The van der Waals surface area contributed by atoms with Crippen molar-refractivity contribution in [3.05, 3.63) is 41.8 Å². The number of aromatic nitrogens is 1. The van der Waals surface area contributed by atoms with Crippen molar-refractivity contribution in [3.8, 4) is 0 Å². The number of benzene rings is 1. The van der Waals surface area contributed by atoms with Gasteiger partial charge in [0.2, 0.25) is 5.95 Å². The number of fused-ring (bicyclic) bond motifs is 1. The molecule has 0 amide bonds. The van der Waals surface area contributed by atoms with Gasteiger partial charge in [0.05, 0.1) is 5.52 Å². The number of para-hydroxylation sites is 1. The summed E-state index contributed by atoms with van der Waals surface area (Å²) in [6, 6.07) is 8.33. The third kappa shape index (κ3) is 1.94. The van der Waals surface area contributed by atoms with Crippen LogP contribution in [0.3, 0.4) is 0 Å². The zero-order chi connectivity index (χ0) is 11.5. The Bertz CT molecular complexity index is 536. The summed E-state index contributed by atoms with van der Waals surface area (Å²) in [5, 5.41) is 0.724. The fourth-order valence-electron chi connectivity index (χ4n) is 1.74. The highest BCUT2D eigenvalue weighted by atomic mass is 19.1. The van der Waals surface area contributed by atoms with E-state index >= 15 is 0 Å². The molecule has 0 aliphatic heterocycles. The van der Waals surface area contributed by atoms with Crippen LogP contribution in [-0.4, -0.2) is 10.8 Å². The van der Waals surface area contributed by atoms with Crippen LogP contribution in [-0.2, 0) is 0 Å². The molecule has 0 unspecified atom stereocenters. The van der Waals surface area contributed by atoms with Crippen molar-refractivity contribution in [2.75, 3.05) is 0 Å². The number of carbonyl (C=O) groups excluding carboxylic acids is 1. The first-order valence-electron chi connectivity index (χ1n) is 5.31. The Labute approximate surface area is 93.1 Å². The molecular weight excluding hydrogens is 205 g/mol. The van der Waals surface area contributed by atoms with Crippen LogP contribution in [0.15, 0.2) is 30.3 Å². The van der Waals surface area contributed by atoms with E-state index in [2.05, 4.69) is 4.98 Å². The highest BCUT2D eigenvalue weighted by molar-refractivity contribution is 6.07. The van der Waals surface area contributed by atoms with Gasteiger partial charge in [-0.25, -0.2) is 4.98 Å². The van der Waals surface area contributed by atoms with Gasteiger partial charge < -0.3 is 0 Å². The molecule has 0 spiro atoms. The Hall–Kier alpha value is -1.77. The van der Waals surface area contributed by atoms with Gasteiger partial charge in [-0.2, -0.15) is 4.39 Å². The fourth-order valence-corrected chi connectivity index (χ4v) is 1.74. The SMILES string of the molecule is CCCC(=O)c1cc(F)nc2ccccc12. The lowest BCUT2D eigenvalue weighted by Gasteiger charge is -2.04. The zero-order valence-electron chi connectivity index (χ0n) is 9.03. The van der Waals surface area contributed by atoms with E-state index in [1.165, 1.54) is 6.07 Å². The first-order valence-corrected chi connectivity index (χ1v) is 5.31. The summed E-state index contributed by atoms with van der Waals surface area (Å²) in [7, 11) is 0. The van der Waals surface area contributed by atoms with Gasteiger partial charge in [-0.05, 0) is 12.5 Å². The Morgan fingerprint density at radius 1 is 1.38 bits per heavy atom. The standard InChI is InChI=1S/C13H12FNO/c1-2-5-12(16)10-8-13(14)15-11-7-4-3-6-9(10)11/h3-4,6-8H,2,5H2,1H3. The molecule has 0 saturated carbocycles. The molecule has 1 aromatic carbocycles. The number of carbonyl (C=O) groups is 1. The Balaban J connectivity index is 2.63. The molecule has 2 rings (SSSR count). The first kappa shape index (κ1) is 10.7. The van der Waals surface area contributed by atoms with Crippen molar-refractivity contribution in [1.82, 2.24) is 4.98 Å². The second-order valence-corrected chi connectivity index (χ2v) is 3.68. The van der Waals surface area contributed by atoms with Crippen molar-refractivity contribution in [3.63, 3.8) is 0 Å². The van der Waals surface area contributed by atoms with Gasteiger partial charge in [0.1, 0.15) is 0 Å². The van der Waals surface area contributed by atoms with E-state index in [1.807, 2.05) is 13.0 Å². The van der Waals surface area contributed by atoms with Crippen LogP contribution >= 0.6 is 0 Å². The molecule has 0 aliphatic carbocycles. The molecule has 0 aliphatic rings. The summed E-state index contributed by atoms with van der Waals surface area (Å²) in [6.45, 7) is 1.93. The molecule has 0 N–H and O–H groups in total. The minimum absolute atomic E-state index is 0.0278. The molecule has 1 aromatic heterocycles. The molecule has 2 aromatic rings. The number of halogens is 1. The van der Waals surface area contributed by atoms with E-state index in [0.717, 1.165) is 11.8 Å². The van der Waals surface area contributed by atoms with Crippen LogP contribution in [0.5, 0.6) is 0 Å². The number of ketones is 1. The van der Waals surface area contributed by atoms with Crippen molar-refractivity contribution in [1.29, 1.82) is 0 Å². The van der Waals surface area contributed by atoms with E-state index in [1.54, 1.807) is 18.2 Å². The molecular formula is C13H12FNO. The van der Waals surface area contributed by atoms with Crippen LogP contribution in [0.4, 0.5) is 4.39 Å². The first-order chi connectivity index (χ1) is 7.72. The highest BCUT2D eigenvalue weighted by Gasteiger charge is 2.11. The van der Waals surface area contributed by atoms with Crippen molar-refractivity contribution in [2.24, 2.45) is 0 Å². The molecule has 2 nitrogen and oxygen atoms in total. The van der Waals surface area contributed by atoms with Crippen LogP contribution in [0.2, 0.25) is 0 Å². The molecule has 16 heavy (non-hydrogen) atoms. The summed E-state index contributed by atoms with van der Waals surface area (Å²) < 4.78 is 13.2. The summed E-state index contributed by atoms with van der Waals surface area (Å²) >= 11 is 0. The maximum Gasteiger partial charge on any atom is 0.214 e. The number of Topliss-reactive ketones (excluding diaryl/α,β-unsaturated/α-hetero) is 1. The molecule has 0 radical (unpaired) electrons. The monoisotopic (exact) mass is 217 g/mol. The zero-order valence-corrected chi connectivity index (χ0v) is 9.03. The van der Waals surface area contributed by atoms with Crippen LogP contribution < -0.4 is 0 Å². The Kier molecular flexibility index (Phi) is 2.95. The number of rotatable bonds is 3. The van der Waals surface area contributed by atoms with Gasteiger partial charge in [0.25, 0.3) is 0 Å². The average Bonchev–Trinajstić information content (AvgIpc) is 2.28. The van der Waals surface area contributed by atoms with Gasteiger partial charge in [0.15, 0.2) is 5.78 Å². The minimum atomic E-state index is -0.599. The largest absolute Gasteiger partial charge is 0.294 e. The van der Waals surface area contributed by atoms with E-state index in [4.69, 9.17) is 0 Å². The molecule has 0 atom stereocenters. The number of hydrogen-bond acceptors (Lipinski definition) is 2. The topological polar surface area (TPSA) is 30.0 Å². The summed E-state index contributed by atoms with van der Waals surface area (Å²) in [4.78, 5) is 15.6. The molecule has 0 bridgehead atoms. The lowest BCUT2D eigenvalue weighted by atomic mass is 10.0. The molecule has 0 fully saturated rings. The van der Waals surface area contributed by atoms with Crippen molar-refractivity contribution < 1.29 is 9.18 Å². The van der Waals surface area contributed by atoms with E-state index < -0.39 is 5.95 Å². The normalized spacial score (nSPS) is 10.6. The number of nitrogens with zero attached hydrogens (tertiary/aromatic N) is 1. The van der Waals surface area contributed by atoms with Crippen molar-refractivity contribution in [2.45, 2.75) is 19.8 Å². The van der Waals surface area contributed by atoms with Crippen LogP contribution in [0.25, 0.3) is 10.9 Å². The molecule has 82 valence electrons. The quantitative estimate of drug-likeness (QED) is 0.583. The number of hydrogen-bond donors (Lipinski definition) is 0. The van der Waals surface area contributed by atoms with Crippen LogP contribution in [0.1, 0.15) is 30.1 Å². The lowest BCUT2D eigenvalue weighted by Crippen LogP contribution is -2.01. The van der Waals surface area contributed by atoms with Gasteiger partial charge in [-0.1, -0.05) is 25.1 Å². The van der Waals surface area contributed by atoms with Crippen molar-refractivity contribution >= 4 is 16.7 Å². The predicted octanol–water partition coefficient (Wildman–Crippen LogP) is 3.36. The van der Waals surface area contributed by atoms with Gasteiger partial charge in [-0.15, -0.1) is 0 Å². The predicted molar refractivity (Wildman–Crippen MR) is 60.9 cm³/mol. The highest BCUT2D eigenvalue weighted by Crippen LogP contribution is 2.19. The molecule has 1 heterocycles. The average molecular weight is 217 g/mol. The maximum atomic E-state index is 13.2. The number of pyridine rings is 1. The second-order valence-electron chi connectivity index (χ2n) is 3.68. The maximum absolute atomic E-state index is 13.2. The molecule has 0 saturated heterocycles. The van der Waals surface area contributed by atoms with Gasteiger partial charge in [-0.3, -0.25) is 4.79 Å². The van der Waals surface area contributed by atoms with Gasteiger partial charge in [0, 0.05) is 23.4 Å². The third-order valence-electron chi connectivity index (χ3n) is 2.46. The van der Waals surface area contributed by atoms with Crippen LogP contribution in [0, 0.1) is 5.95 Å². The van der Waals surface area contributed by atoms with E-state index in [-0.39, 0.29) is 5.78 Å². The fraction of sp³-hybridized carbons (Fsp3) is 0.231. The second kappa shape index (κ2) is 4.39. The molecule has 3 heteroatoms. The lowest BCUT2D eigenvalue weighted by molar-refractivity contribution is 0.0983.